The van der Waals surface area contributed by atoms with Crippen LogP contribution in [0, 0.1) is 5.41 Å². The van der Waals surface area contributed by atoms with Crippen molar-refractivity contribution in [2.24, 2.45) is 5.41 Å². The second-order valence-corrected chi connectivity index (χ2v) is 5.71. The van der Waals surface area contributed by atoms with Crippen LogP contribution in [0.5, 0.6) is 0 Å². The molecule has 1 aliphatic carbocycles. The average Bonchev–Trinajstić information content (AvgIpc) is 2.67. The van der Waals surface area contributed by atoms with Crippen molar-refractivity contribution in [3.8, 4) is 0 Å². The minimum Gasteiger partial charge on any atom is -0.489 e. The summed E-state index contributed by atoms with van der Waals surface area (Å²) < 4.78 is 5.53. The van der Waals surface area contributed by atoms with Gasteiger partial charge in [0.15, 0.2) is 5.78 Å². The summed E-state index contributed by atoms with van der Waals surface area (Å²) in [5, 5.41) is 9.77. The summed E-state index contributed by atoms with van der Waals surface area (Å²) >= 11 is 0. The van der Waals surface area contributed by atoms with Crippen molar-refractivity contribution in [2.45, 2.75) is 40.2 Å². The lowest BCUT2D eigenvalue weighted by atomic mass is 9.71. The van der Waals surface area contributed by atoms with Crippen molar-refractivity contribution in [2.75, 3.05) is 6.61 Å². The fourth-order valence-electron chi connectivity index (χ4n) is 2.64. The Labute approximate surface area is 108 Å². The highest BCUT2D eigenvalue weighted by atomic mass is 16.5. The van der Waals surface area contributed by atoms with E-state index >= 15 is 0 Å². The first-order chi connectivity index (χ1) is 8.33. The predicted molar refractivity (Wildman–Crippen MR) is 69.9 cm³/mol. The molecule has 98 valence electrons. The molecule has 1 atom stereocenters. The first-order valence-electron chi connectivity index (χ1n) is 6.28. The van der Waals surface area contributed by atoms with Gasteiger partial charge in [0.1, 0.15) is 18.5 Å². The third-order valence-electron chi connectivity index (χ3n) is 3.80. The Balaban J connectivity index is 2.46. The fraction of sp³-hybridized carbons (Fsp3) is 0.533. The second-order valence-electron chi connectivity index (χ2n) is 5.71. The first kappa shape index (κ1) is 13.1. The summed E-state index contributed by atoms with van der Waals surface area (Å²) in [6, 6.07) is 0. The maximum Gasteiger partial charge on any atom is 0.187 e. The van der Waals surface area contributed by atoms with Gasteiger partial charge in [-0.1, -0.05) is 13.8 Å². The van der Waals surface area contributed by atoms with Gasteiger partial charge in [-0.15, -0.1) is 0 Å². The van der Waals surface area contributed by atoms with E-state index in [0.29, 0.717) is 18.6 Å². The van der Waals surface area contributed by atoms with E-state index in [2.05, 4.69) is 0 Å². The van der Waals surface area contributed by atoms with E-state index in [1.54, 1.807) is 6.92 Å². The van der Waals surface area contributed by atoms with Gasteiger partial charge in [0, 0.05) is 0 Å². The highest BCUT2D eigenvalue weighted by molar-refractivity contribution is 6.00. The van der Waals surface area contributed by atoms with Gasteiger partial charge in [0.2, 0.25) is 0 Å². The summed E-state index contributed by atoms with van der Waals surface area (Å²) in [6.07, 6.45) is 3.57. The Hall–Kier alpha value is -1.35. The number of aliphatic hydroxyl groups is 1. The Bertz CT molecular complexity index is 478. The molecule has 0 radical (unpaired) electrons. The third kappa shape index (κ3) is 2.15. The van der Waals surface area contributed by atoms with E-state index in [4.69, 9.17) is 4.74 Å². The molecule has 0 saturated carbocycles. The van der Waals surface area contributed by atoms with Gasteiger partial charge >= 0.3 is 0 Å². The van der Waals surface area contributed by atoms with Gasteiger partial charge in [-0.2, -0.15) is 0 Å². The van der Waals surface area contributed by atoms with E-state index in [-0.39, 0.29) is 11.2 Å². The molecule has 3 heteroatoms. The number of hydrogen-bond donors (Lipinski definition) is 1. The Kier molecular flexibility index (Phi) is 3.20. The lowest BCUT2D eigenvalue weighted by Gasteiger charge is -2.34. The van der Waals surface area contributed by atoms with E-state index < -0.39 is 6.10 Å². The third-order valence-corrected chi connectivity index (χ3v) is 3.80. The van der Waals surface area contributed by atoms with Crippen LogP contribution >= 0.6 is 0 Å². The molecule has 0 spiro atoms. The van der Waals surface area contributed by atoms with Crippen molar-refractivity contribution < 1.29 is 14.6 Å². The van der Waals surface area contributed by atoms with Crippen molar-refractivity contribution in [3.05, 3.63) is 34.6 Å². The molecule has 0 aromatic rings. The summed E-state index contributed by atoms with van der Waals surface area (Å²) in [5.41, 5.74) is 2.51. The molecule has 0 fully saturated rings. The number of Topliss-reactive ketones (excluding diaryl/α,β-unsaturated/α-hetero) is 1. The number of allylic oxidation sites excluding steroid dienone is 3. The number of carbonyl (C=O) groups is 1. The monoisotopic (exact) mass is 248 g/mol. The molecule has 0 aromatic carbocycles. The lowest BCUT2D eigenvalue weighted by molar-refractivity contribution is -0.125. The molecular formula is C15H20O3. The fourth-order valence-corrected chi connectivity index (χ4v) is 2.64. The highest BCUT2D eigenvalue weighted by Gasteiger charge is 2.37. The topological polar surface area (TPSA) is 46.5 Å². The normalized spacial score (nSPS) is 29.6. The minimum absolute atomic E-state index is 0.166. The molecule has 0 bridgehead atoms. The summed E-state index contributed by atoms with van der Waals surface area (Å²) in [5.74, 6) is 0.669. The van der Waals surface area contributed by atoms with Crippen molar-refractivity contribution in [1.29, 1.82) is 0 Å². The van der Waals surface area contributed by atoms with Crippen LogP contribution in [0.25, 0.3) is 0 Å². The van der Waals surface area contributed by atoms with E-state index in [1.807, 2.05) is 32.9 Å². The van der Waals surface area contributed by atoms with Crippen molar-refractivity contribution in [1.82, 2.24) is 0 Å². The maximum atomic E-state index is 11.9. The van der Waals surface area contributed by atoms with E-state index in [0.717, 1.165) is 16.9 Å². The van der Waals surface area contributed by atoms with E-state index in [1.165, 1.54) is 0 Å². The first-order valence-corrected chi connectivity index (χ1v) is 6.28. The SMILES string of the molecule is CC1=CCO/C1=C\C1=C(C)C(=O)C(O)CC1(C)C. The zero-order chi connectivity index (χ0) is 13.5. The molecule has 1 heterocycles. The smallest absolute Gasteiger partial charge is 0.187 e. The van der Waals surface area contributed by atoms with Crippen LogP contribution in [0.4, 0.5) is 0 Å². The number of ether oxygens (including phenoxy) is 1. The number of aliphatic hydroxyl groups excluding tert-OH is 1. The standard InChI is InChI=1S/C15H20O3/c1-9-5-6-18-13(9)7-11-10(2)14(17)12(16)8-15(11,3)4/h5,7,12,16H,6,8H2,1-4H3/b13-7-. The quantitative estimate of drug-likeness (QED) is 0.775. The van der Waals surface area contributed by atoms with Crippen LogP contribution in [0.3, 0.4) is 0 Å². The average molecular weight is 248 g/mol. The predicted octanol–water partition coefficient (Wildman–Crippen LogP) is 2.52. The number of hydrogen-bond acceptors (Lipinski definition) is 3. The molecule has 0 saturated heterocycles. The molecule has 18 heavy (non-hydrogen) atoms. The van der Waals surface area contributed by atoms with Crippen LogP contribution in [0.2, 0.25) is 0 Å². The molecule has 0 amide bonds. The summed E-state index contributed by atoms with van der Waals surface area (Å²) in [6.45, 7) is 8.48. The molecule has 1 unspecified atom stereocenters. The van der Waals surface area contributed by atoms with Crippen LogP contribution in [-0.4, -0.2) is 23.6 Å². The Morgan fingerprint density at radius 3 is 2.67 bits per heavy atom. The lowest BCUT2D eigenvalue weighted by Crippen LogP contribution is -2.35. The van der Waals surface area contributed by atoms with Gasteiger partial charge in [-0.05, 0) is 54.6 Å². The zero-order valence-electron chi connectivity index (χ0n) is 11.4. The zero-order valence-corrected chi connectivity index (χ0v) is 11.4. The van der Waals surface area contributed by atoms with Crippen molar-refractivity contribution in [3.63, 3.8) is 0 Å². The minimum atomic E-state index is -0.872. The summed E-state index contributed by atoms with van der Waals surface area (Å²) in [7, 11) is 0. The Morgan fingerprint density at radius 1 is 1.44 bits per heavy atom. The molecule has 2 aliphatic rings. The van der Waals surface area contributed by atoms with Gasteiger partial charge < -0.3 is 9.84 Å². The number of carbonyl (C=O) groups excluding carboxylic acids is 1. The van der Waals surface area contributed by atoms with E-state index in [9.17, 15) is 9.90 Å². The largest absolute Gasteiger partial charge is 0.489 e. The highest BCUT2D eigenvalue weighted by Crippen LogP contribution is 2.40. The Morgan fingerprint density at radius 2 is 2.11 bits per heavy atom. The molecule has 1 aliphatic heterocycles. The van der Waals surface area contributed by atoms with Gasteiger partial charge in [-0.3, -0.25) is 4.79 Å². The van der Waals surface area contributed by atoms with Crippen LogP contribution in [0.1, 0.15) is 34.1 Å². The molecule has 1 N–H and O–H groups in total. The van der Waals surface area contributed by atoms with Crippen LogP contribution in [0.15, 0.2) is 34.6 Å². The second kappa shape index (κ2) is 4.39. The van der Waals surface area contributed by atoms with Crippen LogP contribution < -0.4 is 0 Å². The maximum absolute atomic E-state index is 11.9. The van der Waals surface area contributed by atoms with Crippen molar-refractivity contribution >= 4 is 5.78 Å². The molecule has 0 aromatic heterocycles. The molecular weight excluding hydrogens is 228 g/mol. The van der Waals surface area contributed by atoms with Gasteiger partial charge in [0.25, 0.3) is 0 Å². The van der Waals surface area contributed by atoms with Gasteiger partial charge in [-0.25, -0.2) is 0 Å². The molecule has 2 rings (SSSR count). The van der Waals surface area contributed by atoms with Crippen LogP contribution in [-0.2, 0) is 9.53 Å². The number of rotatable bonds is 1. The summed E-state index contributed by atoms with van der Waals surface area (Å²) in [4.78, 5) is 11.9. The van der Waals surface area contributed by atoms with Gasteiger partial charge in [0.05, 0.1) is 0 Å². The molecule has 3 nitrogen and oxygen atoms in total. The number of ketones is 1.